The first-order valence-electron chi connectivity index (χ1n) is 12.9. The maximum Gasteiger partial charge on any atom is 0.301 e. The number of amides is 1. The Bertz CT molecular complexity index is 1610. The van der Waals surface area contributed by atoms with Gasteiger partial charge < -0.3 is 9.84 Å². The number of Topliss-reactive ketones (excluding diaryl/α,β-unsaturated/α-hetero) is 1. The van der Waals surface area contributed by atoms with Crippen LogP contribution in [0.1, 0.15) is 42.5 Å². The number of benzene rings is 3. The molecule has 1 aromatic heterocycles. The van der Waals surface area contributed by atoms with Gasteiger partial charge in [-0.2, -0.15) is 0 Å². The highest BCUT2D eigenvalue weighted by Crippen LogP contribution is 2.44. The number of ketones is 1. The van der Waals surface area contributed by atoms with Crippen LogP contribution >= 0.6 is 23.1 Å². The standard InChI is InChI=1S/C30H25F2N3O4S2/c1-2-3-16-39-20-14-12-18(13-15-20)26(36)24-25(21-9-5-7-11-23(21)32)35(28(38)27(24)37)29-33-34-30(41-29)40-17-19-8-4-6-10-22(19)31/h4-15,25,36H,2-3,16-17H2,1H3/t25-/m0/s1. The molecule has 0 unspecified atom stereocenters. The molecule has 0 radical (unpaired) electrons. The van der Waals surface area contributed by atoms with Crippen molar-refractivity contribution in [2.24, 2.45) is 0 Å². The minimum Gasteiger partial charge on any atom is -0.507 e. The Morgan fingerprint density at radius 1 is 1.00 bits per heavy atom. The van der Waals surface area contributed by atoms with Crippen LogP contribution < -0.4 is 9.64 Å². The van der Waals surface area contributed by atoms with E-state index in [9.17, 15) is 19.1 Å². The number of ether oxygens (including phenoxy) is 1. The number of thioether (sulfide) groups is 1. The number of anilines is 1. The van der Waals surface area contributed by atoms with Crippen molar-refractivity contribution < 1.29 is 28.2 Å². The third-order valence-corrected chi connectivity index (χ3v) is 8.55. The maximum absolute atomic E-state index is 15.1. The normalized spacial score (nSPS) is 16.4. The number of carbonyl (C=O) groups excluding carboxylic acids is 2. The molecule has 1 aliphatic rings. The van der Waals surface area contributed by atoms with E-state index in [0.29, 0.717) is 22.3 Å². The molecular weight excluding hydrogens is 568 g/mol. The first-order valence-corrected chi connectivity index (χ1v) is 14.7. The third kappa shape index (κ3) is 6.01. The van der Waals surface area contributed by atoms with Crippen LogP contribution in [0.3, 0.4) is 0 Å². The summed E-state index contributed by atoms with van der Waals surface area (Å²) in [6, 6.07) is 17.3. The van der Waals surface area contributed by atoms with E-state index in [1.807, 2.05) is 0 Å². The Morgan fingerprint density at radius 2 is 1.71 bits per heavy atom. The number of carbonyl (C=O) groups is 2. The average Bonchev–Trinajstić information content (AvgIpc) is 3.55. The first-order chi connectivity index (χ1) is 19.9. The van der Waals surface area contributed by atoms with Crippen molar-refractivity contribution in [2.75, 3.05) is 11.5 Å². The molecule has 41 heavy (non-hydrogen) atoms. The van der Waals surface area contributed by atoms with Gasteiger partial charge in [-0.3, -0.25) is 14.5 Å². The van der Waals surface area contributed by atoms with Crippen LogP contribution in [0.2, 0.25) is 0 Å². The lowest BCUT2D eigenvalue weighted by atomic mass is 9.95. The molecule has 210 valence electrons. The summed E-state index contributed by atoms with van der Waals surface area (Å²) in [5, 5.41) is 19.5. The van der Waals surface area contributed by atoms with Crippen LogP contribution in [-0.4, -0.2) is 33.6 Å². The lowest BCUT2D eigenvalue weighted by Crippen LogP contribution is -2.29. The molecule has 5 rings (SSSR count). The molecule has 3 aromatic carbocycles. The van der Waals surface area contributed by atoms with E-state index in [-0.39, 0.29) is 33.4 Å². The topological polar surface area (TPSA) is 92.6 Å². The molecule has 1 N–H and O–H groups in total. The molecule has 11 heteroatoms. The van der Waals surface area contributed by atoms with E-state index in [1.54, 1.807) is 48.5 Å². The first kappa shape index (κ1) is 28.4. The number of hydrogen-bond acceptors (Lipinski definition) is 8. The zero-order valence-corrected chi connectivity index (χ0v) is 23.6. The minimum atomic E-state index is -1.28. The Kier molecular flexibility index (Phi) is 8.75. The van der Waals surface area contributed by atoms with E-state index in [1.165, 1.54) is 36.0 Å². The Balaban J connectivity index is 1.50. The summed E-state index contributed by atoms with van der Waals surface area (Å²) < 4.78 is 35.3. The summed E-state index contributed by atoms with van der Waals surface area (Å²) in [5.41, 5.74) is 0.493. The van der Waals surface area contributed by atoms with Crippen LogP contribution in [0.25, 0.3) is 5.76 Å². The molecule has 1 fully saturated rings. The Labute approximate surface area is 243 Å². The van der Waals surface area contributed by atoms with Gasteiger partial charge in [0, 0.05) is 16.9 Å². The van der Waals surface area contributed by atoms with Gasteiger partial charge in [-0.05, 0) is 48.4 Å². The summed E-state index contributed by atoms with van der Waals surface area (Å²) in [7, 11) is 0. The average molecular weight is 594 g/mol. The number of rotatable bonds is 10. The fraction of sp³-hybridized carbons (Fsp3) is 0.200. The summed E-state index contributed by atoms with van der Waals surface area (Å²) in [5.74, 6) is -2.54. The maximum atomic E-state index is 15.1. The molecule has 7 nitrogen and oxygen atoms in total. The fourth-order valence-corrected chi connectivity index (χ4v) is 6.19. The van der Waals surface area contributed by atoms with Gasteiger partial charge >= 0.3 is 5.91 Å². The van der Waals surface area contributed by atoms with Gasteiger partial charge in [0.1, 0.15) is 29.2 Å². The van der Waals surface area contributed by atoms with Crippen LogP contribution in [0.4, 0.5) is 13.9 Å². The summed E-state index contributed by atoms with van der Waals surface area (Å²) >= 11 is 2.23. The molecular formula is C30H25F2N3O4S2. The lowest BCUT2D eigenvalue weighted by Gasteiger charge is -2.22. The predicted molar refractivity (Wildman–Crippen MR) is 154 cm³/mol. The minimum absolute atomic E-state index is 0.0172. The van der Waals surface area contributed by atoms with Gasteiger partial charge in [-0.15, -0.1) is 10.2 Å². The number of nitrogens with zero attached hydrogens (tertiary/aromatic N) is 3. The number of aromatic nitrogens is 2. The number of hydrogen-bond donors (Lipinski definition) is 1. The zero-order valence-electron chi connectivity index (χ0n) is 21.9. The molecule has 1 aliphatic heterocycles. The number of halogens is 2. The zero-order chi connectivity index (χ0) is 28.9. The largest absolute Gasteiger partial charge is 0.507 e. The summed E-state index contributed by atoms with van der Waals surface area (Å²) in [4.78, 5) is 27.8. The SMILES string of the molecule is CCCCOc1ccc(C(O)=C2C(=O)C(=O)N(c3nnc(SCc4ccccc4F)s3)[C@H]2c2ccccc2F)cc1. The van der Waals surface area contributed by atoms with Crippen LogP contribution in [0.5, 0.6) is 5.75 Å². The van der Waals surface area contributed by atoms with E-state index in [0.717, 1.165) is 29.1 Å². The molecule has 0 saturated carbocycles. The molecule has 4 aromatic rings. The van der Waals surface area contributed by atoms with E-state index < -0.39 is 29.3 Å². The van der Waals surface area contributed by atoms with E-state index >= 15 is 4.39 Å². The smallest absolute Gasteiger partial charge is 0.301 e. The van der Waals surface area contributed by atoms with Crippen molar-refractivity contribution >= 4 is 45.7 Å². The molecule has 0 spiro atoms. The molecule has 1 saturated heterocycles. The Hall–Kier alpha value is -4.09. The van der Waals surface area contributed by atoms with Crippen LogP contribution in [0, 0.1) is 11.6 Å². The van der Waals surface area contributed by atoms with Gasteiger partial charge in [0.05, 0.1) is 12.2 Å². The predicted octanol–water partition coefficient (Wildman–Crippen LogP) is 6.91. The van der Waals surface area contributed by atoms with E-state index in [4.69, 9.17) is 4.74 Å². The van der Waals surface area contributed by atoms with Crippen molar-refractivity contribution in [1.29, 1.82) is 0 Å². The van der Waals surface area contributed by atoms with Crippen molar-refractivity contribution in [2.45, 2.75) is 35.9 Å². The molecule has 1 atom stereocenters. The van der Waals surface area contributed by atoms with Gasteiger partial charge in [-0.1, -0.05) is 72.8 Å². The molecule has 0 bridgehead atoms. The van der Waals surface area contributed by atoms with Crippen molar-refractivity contribution in [3.63, 3.8) is 0 Å². The van der Waals surface area contributed by atoms with Crippen molar-refractivity contribution in [3.8, 4) is 5.75 Å². The van der Waals surface area contributed by atoms with Crippen LogP contribution in [-0.2, 0) is 15.3 Å². The highest BCUT2D eigenvalue weighted by atomic mass is 32.2. The highest BCUT2D eigenvalue weighted by Gasteiger charge is 2.49. The number of aliphatic hydroxyl groups is 1. The second kappa shape index (κ2) is 12.6. The van der Waals surface area contributed by atoms with Crippen LogP contribution in [0.15, 0.2) is 82.7 Å². The summed E-state index contributed by atoms with van der Waals surface area (Å²) in [6.45, 7) is 2.60. The molecule has 2 heterocycles. The highest BCUT2D eigenvalue weighted by molar-refractivity contribution is 8.00. The van der Waals surface area contributed by atoms with Crippen molar-refractivity contribution in [3.05, 3.63) is 107 Å². The molecule has 1 amide bonds. The summed E-state index contributed by atoms with van der Waals surface area (Å²) in [6.07, 6.45) is 1.87. The second-order valence-corrected chi connectivity index (χ2v) is 11.3. The third-order valence-electron chi connectivity index (χ3n) is 6.45. The van der Waals surface area contributed by atoms with Gasteiger partial charge in [0.25, 0.3) is 5.78 Å². The number of unbranched alkanes of at least 4 members (excludes halogenated alkanes) is 1. The molecule has 0 aliphatic carbocycles. The van der Waals surface area contributed by atoms with Gasteiger partial charge in [0.2, 0.25) is 5.13 Å². The Morgan fingerprint density at radius 3 is 2.41 bits per heavy atom. The quantitative estimate of drug-likeness (QED) is 0.0533. The van der Waals surface area contributed by atoms with E-state index in [2.05, 4.69) is 17.1 Å². The van der Waals surface area contributed by atoms with Crippen molar-refractivity contribution in [1.82, 2.24) is 10.2 Å². The van der Waals surface area contributed by atoms with Gasteiger partial charge in [0.15, 0.2) is 4.34 Å². The van der Waals surface area contributed by atoms with Gasteiger partial charge in [-0.25, -0.2) is 8.78 Å². The second-order valence-electron chi connectivity index (χ2n) is 9.15. The fourth-order valence-electron chi connectivity index (χ4n) is 4.33. The lowest BCUT2D eigenvalue weighted by molar-refractivity contribution is -0.132. The number of aliphatic hydroxyl groups excluding tert-OH is 1. The monoisotopic (exact) mass is 593 g/mol.